The van der Waals surface area contributed by atoms with E-state index in [0.717, 1.165) is 5.56 Å². The van der Waals surface area contributed by atoms with Crippen LogP contribution in [-0.4, -0.2) is 20.1 Å². The number of pyridine rings is 1. The number of aromatic nitrogens is 3. The number of hydrogen-bond acceptors (Lipinski definition) is 7. The molecule has 0 saturated heterocycles. The van der Waals surface area contributed by atoms with Crippen LogP contribution >= 0.6 is 0 Å². The molecule has 0 spiro atoms. The van der Waals surface area contributed by atoms with E-state index in [1.165, 1.54) is 5.01 Å². The third kappa shape index (κ3) is 4.61. The SMILES string of the molecule is N/C(=C\N(N)Cc1ccc(-c2noc(C(F)(F)F)n2)cc1)c1ccccn1. The summed E-state index contributed by atoms with van der Waals surface area (Å²) < 4.78 is 41.8. The molecule has 0 aliphatic rings. The Bertz CT molecular complexity index is 922. The van der Waals surface area contributed by atoms with Gasteiger partial charge in [0.05, 0.1) is 17.9 Å². The number of hydrazine groups is 1. The number of hydrogen-bond donors (Lipinski definition) is 2. The smallest absolute Gasteiger partial charge is 0.396 e. The standard InChI is InChI=1S/C17H15F3N6O/c18-17(19,20)16-24-15(25-27-16)12-6-4-11(5-7-12)9-26(22)10-13(21)14-3-1-2-8-23-14/h1-8,10H,9,21-22H2/b13-10-. The molecule has 0 atom stereocenters. The van der Waals surface area contributed by atoms with Crippen molar-refractivity contribution in [3.05, 3.63) is 72.0 Å². The lowest BCUT2D eigenvalue weighted by atomic mass is 10.1. The molecule has 27 heavy (non-hydrogen) atoms. The summed E-state index contributed by atoms with van der Waals surface area (Å²) in [6, 6.07) is 11.9. The van der Waals surface area contributed by atoms with Crippen LogP contribution in [0.4, 0.5) is 13.2 Å². The predicted octanol–water partition coefficient (Wildman–Crippen LogP) is 2.78. The first-order valence-electron chi connectivity index (χ1n) is 7.73. The van der Waals surface area contributed by atoms with Gasteiger partial charge in [-0.15, -0.1) is 0 Å². The first kappa shape index (κ1) is 18.4. The molecule has 140 valence electrons. The lowest BCUT2D eigenvalue weighted by Crippen LogP contribution is -2.25. The van der Waals surface area contributed by atoms with Crippen LogP contribution in [0.15, 0.2) is 59.4 Å². The molecule has 0 unspecified atom stereocenters. The molecule has 0 bridgehead atoms. The average molecular weight is 376 g/mol. The van der Waals surface area contributed by atoms with Gasteiger partial charge in [-0.05, 0) is 17.7 Å². The highest BCUT2D eigenvalue weighted by molar-refractivity contribution is 5.58. The summed E-state index contributed by atoms with van der Waals surface area (Å²) in [5, 5.41) is 4.73. The van der Waals surface area contributed by atoms with Crippen molar-refractivity contribution in [1.82, 2.24) is 20.1 Å². The summed E-state index contributed by atoms with van der Waals surface area (Å²) in [6.07, 6.45) is -1.51. The van der Waals surface area contributed by atoms with Crippen molar-refractivity contribution in [1.29, 1.82) is 0 Å². The Hall–Kier alpha value is -3.40. The number of nitrogens with zero attached hydrogens (tertiary/aromatic N) is 4. The van der Waals surface area contributed by atoms with E-state index in [9.17, 15) is 13.2 Å². The Kier molecular flexibility index (Phi) is 5.08. The fraction of sp³-hybridized carbons (Fsp3) is 0.118. The van der Waals surface area contributed by atoms with Gasteiger partial charge in [-0.25, -0.2) is 5.84 Å². The summed E-state index contributed by atoms with van der Waals surface area (Å²) in [7, 11) is 0. The molecule has 3 rings (SSSR count). The van der Waals surface area contributed by atoms with Crippen molar-refractivity contribution < 1.29 is 17.7 Å². The van der Waals surface area contributed by atoms with Crippen LogP contribution in [0.1, 0.15) is 17.1 Å². The highest BCUT2D eigenvalue weighted by Crippen LogP contribution is 2.29. The number of nitrogens with two attached hydrogens (primary N) is 2. The number of benzene rings is 1. The molecular formula is C17H15F3N6O. The quantitative estimate of drug-likeness (QED) is 0.521. The zero-order chi connectivity index (χ0) is 19.4. The molecule has 0 radical (unpaired) electrons. The second-order valence-corrected chi connectivity index (χ2v) is 5.59. The fourth-order valence-corrected chi connectivity index (χ4v) is 2.25. The molecule has 10 heteroatoms. The molecule has 2 heterocycles. The third-order valence-corrected chi connectivity index (χ3v) is 3.51. The maximum atomic E-state index is 12.5. The Morgan fingerprint density at radius 1 is 1.15 bits per heavy atom. The molecule has 3 aromatic rings. The Morgan fingerprint density at radius 2 is 1.89 bits per heavy atom. The number of alkyl halides is 3. The first-order valence-corrected chi connectivity index (χ1v) is 7.73. The van der Waals surface area contributed by atoms with Gasteiger partial charge in [0.25, 0.3) is 0 Å². The van der Waals surface area contributed by atoms with E-state index in [-0.39, 0.29) is 5.82 Å². The minimum absolute atomic E-state index is 0.141. The van der Waals surface area contributed by atoms with E-state index >= 15 is 0 Å². The molecule has 7 nitrogen and oxygen atoms in total. The Labute approximate surface area is 152 Å². The third-order valence-electron chi connectivity index (χ3n) is 3.51. The number of halogens is 3. The molecule has 0 aliphatic heterocycles. The largest absolute Gasteiger partial charge is 0.471 e. The average Bonchev–Trinajstić information content (AvgIpc) is 3.13. The highest BCUT2D eigenvalue weighted by atomic mass is 19.4. The van der Waals surface area contributed by atoms with Crippen LogP contribution in [-0.2, 0) is 12.7 Å². The summed E-state index contributed by atoms with van der Waals surface area (Å²) in [6.45, 7) is 0.327. The topological polar surface area (TPSA) is 107 Å². The van der Waals surface area contributed by atoms with E-state index in [1.54, 1.807) is 48.8 Å². The maximum absolute atomic E-state index is 12.5. The Balaban J connectivity index is 1.68. The zero-order valence-electron chi connectivity index (χ0n) is 13.9. The molecular weight excluding hydrogens is 361 g/mol. The van der Waals surface area contributed by atoms with Crippen LogP contribution in [0.3, 0.4) is 0 Å². The predicted molar refractivity (Wildman–Crippen MR) is 90.9 cm³/mol. The fourth-order valence-electron chi connectivity index (χ4n) is 2.25. The van der Waals surface area contributed by atoms with Gasteiger partial charge in [0.1, 0.15) is 0 Å². The van der Waals surface area contributed by atoms with Gasteiger partial charge in [0.15, 0.2) is 0 Å². The van der Waals surface area contributed by atoms with Crippen molar-refractivity contribution in [2.45, 2.75) is 12.7 Å². The molecule has 0 fully saturated rings. The van der Waals surface area contributed by atoms with Gasteiger partial charge < -0.3 is 15.3 Å². The van der Waals surface area contributed by atoms with Crippen molar-refractivity contribution in [3.63, 3.8) is 0 Å². The maximum Gasteiger partial charge on any atom is 0.471 e. The van der Waals surface area contributed by atoms with E-state index in [0.29, 0.717) is 23.5 Å². The van der Waals surface area contributed by atoms with Gasteiger partial charge in [0, 0.05) is 18.0 Å². The highest BCUT2D eigenvalue weighted by Gasteiger charge is 2.38. The van der Waals surface area contributed by atoms with Gasteiger partial charge in [0.2, 0.25) is 5.82 Å². The Morgan fingerprint density at radius 3 is 2.48 bits per heavy atom. The molecule has 4 N–H and O–H groups in total. The normalized spacial score (nSPS) is 12.2. The minimum Gasteiger partial charge on any atom is -0.396 e. The summed E-state index contributed by atoms with van der Waals surface area (Å²) in [5.41, 5.74) is 8.15. The summed E-state index contributed by atoms with van der Waals surface area (Å²) in [5.74, 6) is 4.40. The molecule has 1 aromatic carbocycles. The second-order valence-electron chi connectivity index (χ2n) is 5.59. The summed E-state index contributed by atoms with van der Waals surface area (Å²) in [4.78, 5) is 7.47. The van der Waals surface area contributed by atoms with E-state index in [2.05, 4.69) is 19.6 Å². The summed E-state index contributed by atoms with van der Waals surface area (Å²) >= 11 is 0. The monoisotopic (exact) mass is 376 g/mol. The van der Waals surface area contributed by atoms with Crippen molar-refractivity contribution in [3.8, 4) is 11.4 Å². The molecule has 0 saturated carbocycles. The minimum atomic E-state index is -4.68. The molecule has 2 aromatic heterocycles. The van der Waals surface area contributed by atoms with Gasteiger partial charge in [-0.1, -0.05) is 35.5 Å². The van der Waals surface area contributed by atoms with Crippen LogP contribution < -0.4 is 11.6 Å². The van der Waals surface area contributed by atoms with Crippen molar-refractivity contribution >= 4 is 5.70 Å². The first-order chi connectivity index (χ1) is 12.8. The number of rotatable bonds is 5. The van der Waals surface area contributed by atoms with Gasteiger partial charge >= 0.3 is 12.1 Å². The van der Waals surface area contributed by atoms with Crippen LogP contribution in [0, 0.1) is 0 Å². The molecule has 0 aliphatic carbocycles. The molecule has 0 amide bonds. The van der Waals surface area contributed by atoms with Crippen molar-refractivity contribution in [2.24, 2.45) is 11.6 Å². The van der Waals surface area contributed by atoms with Crippen LogP contribution in [0.5, 0.6) is 0 Å². The van der Waals surface area contributed by atoms with E-state index < -0.39 is 12.1 Å². The van der Waals surface area contributed by atoms with Gasteiger partial charge in [-0.3, -0.25) is 4.98 Å². The van der Waals surface area contributed by atoms with E-state index in [4.69, 9.17) is 11.6 Å². The van der Waals surface area contributed by atoms with Crippen LogP contribution in [0.25, 0.3) is 17.1 Å². The van der Waals surface area contributed by atoms with Gasteiger partial charge in [-0.2, -0.15) is 18.2 Å². The van der Waals surface area contributed by atoms with Crippen molar-refractivity contribution in [2.75, 3.05) is 0 Å². The zero-order valence-corrected chi connectivity index (χ0v) is 13.9. The second kappa shape index (κ2) is 7.46. The lowest BCUT2D eigenvalue weighted by Gasteiger charge is -2.15. The van der Waals surface area contributed by atoms with E-state index in [1.807, 2.05) is 6.07 Å². The lowest BCUT2D eigenvalue weighted by molar-refractivity contribution is -0.159. The van der Waals surface area contributed by atoms with Crippen LogP contribution in [0.2, 0.25) is 0 Å².